The highest BCUT2D eigenvalue weighted by molar-refractivity contribution is 14.2. The van der Waals surface area contributed by atoms with Crippen LogP contribution in [0.4, 0.5) is 0 Å². The summed E-state index contributed by atoms with van der Waals surface area (Å²) in [6.07, 6.45) is 4.97. The molecule has 3 rings (SSSR count). The number of benzene rings is 1. The van der Waals surface area contributed by atoms with E-state index >= 15 is 0 Å². The fourth-order valence-corrected chi connectivity index (χ4v) is 3.41. The van der Waals surface area contributed by atoms with Gasteiger partial charge in [0.1, 0.15) is 11.5 Å². The minimum Gasteiger partial charge on any atom is -0.456 e. The molecule has 0 radical (unpaired) electrons. The van der Waals surface area contributed by atoms with Crippen molar-refractivity contribution in [3.8, 4) is 11.5 Å². The lowest BCUT2D eigenvalue weighted by Gasteiger charge is -2.07. The summed E-state index contributed by atoms with van der Waals surface area (Å²) in [5, 5.41) is 1.07. The number of ether oxygens (including phenoxy) is 1. The summed E-state index contributed by atoms with van der Waals surface area (Å²) < 4.78 is 7.83. The van der Waals surface area contributed by atoms with Crippen LogP contribution in [0.3, 0.4) is 0 Å². The van der Waals surface area contributed by atoms with Gasteiger partial charge in [0.05, 0.1) is 17.3 Å². The van der Waals surface area contributed by atoms with Gasteiger partial charge in [0.2, 0.25) is 0 Å². The second-order valence-corrected chi connectivity index (χ2v) is 6.13. The zero-order chi connectivity index (χ0) is 15.5. The third kappa shape index (κ3) is 3.03. The van der Waals surface area contributed by atoms with E-state index in [0.717, 1.165) is 10.9 Å². The van der Waals surface area contributed by atoms with Crippen LogP contribution in [0.15, 0.2) is 48.9 Å². The Kier molecular flexibility index (Phi) is 4.50. The highest BCUT2D eigenvalue weighted by Crippen LogP contribution is 2.29. The maximum absolute atomic E-state index is 11.5. The molecule has 3 aromatic rings. The Labute approximate surface area is 142 Å². The van der Waals surface area contributed by atoms with Crippen LogP contribution in [0.25, 0.3) is 10.9 Å². The van der Waals surface area contributed by atoms with E-state index in [2.05, 4.69) is 35.6 Å². The fourth-order valence-electron chi connectivity index (χ4n) is 2.04. The number of fused-ring (bicyclic) bond motifs is 1. The van der Waals surface area contributed by atoms with E-state index < -0.39 is 5.91 Å². The van der Waals surface area contributed by atoms with Gasteiger partial charge in [-0.25, -0.2) is 5.84 Å². The molecule has 0 atom stereocenters. The number of hydrogen-bond donors (Lipinski definition) is 2. The standard InChI is InChI=1S/C14H11IN4O2S/c15-22-19-4-3-9-5-11(1-2-13(9)19)21-12-6-10(7-17-8-12)14(20)18-16/h1-8H,16H2,(H,18,20). The minimum atomic E-state index is -0.412. The van der Waals surface area contributed by atoms with Crippen LogP contribution in [-0.2, 0) is 0 Å². The predicted molar refractivity (Wildman–Crippen MR) is 94.9 cm³/mol. The number of rotatable bonds is 4. The van der Waals surface area contributed by atoms with E-state index in [1.165, 1.54) is 6.20 Å². The van der Waals surface area contributed by atoms with Crippen molar-refractivity contribution in [1.82, 2.24) is 14.4 Å². The average molecular weight is 426 g/mol. The first-order valence-corrected chi connectivity index (χ1v) is 9.57. The van der Waals surface area contributed by atoms with E-state index in [0.29, 0.717) is 17.1 Å². The van der Waals surface area contributed by atoms with Gasteiger partial charge in [-0.2, -0.15) is 0 Å². The summed E-state index contributed by atoms with van der Waals surface area (Å²) in [7, 11) is 1.60. The number of nitrogens with one attached hydrogen (secondary N) is 1. The van der Waals surface area contributed by atoms with Gasteiger partial charge in [-0.1, -0.05) is 0 Å². The van der Waals surface area contributed by atoms with E-state index in [-0.39, 0.29) is 0 Å². The van der Waals surface area contributed by atoms with Gasteiger partial charge in [-0.3, -0.25) is 19.2 Å². The molecule has 3 N–H and O–H groups in total. The van der Waals surface area contributed by atoms with E-state index in [9.17, 15) is 4.79 Å². The largest absolute Gasteiger partial charge is 0.456 e. The Morgan fingerprint density at radius 2 is 2.14 bits per heavy atom. The molecule has 0 aliphatic carbocycles. The van der Waals surface area contributed by atoms with Gasteiger partial charge in [0.25, 0.3) is 5.91 Å². The maximum atomic E-state index is 11.5. The number of nitrogens with two attached hydrogens (primary N) is 1. The number of hydrogen-bond acceptors (Lipinski definition) is 5. The van der Waals surface area contributed by atoms with Crippen LogP contribution in [0, 0.1) is 0 Å². The van der Waals surface area contributed by atoms with E-state index in [1.807, 2.05) is 30.5 Å². The molecule has 0 saturated heterocycles. The number of halogens is 1. The summed E-state index contributed by atoms with van der Waals surface area (Å²) in [6, 6.07) is 9.41. The van der Waals surface area contributed by atoms with Gasteiger partial charge in [0, 0.05) is 48.1 Å². The van der Waals surface area contributed by atoms with Gasteiger partial charge >= 0.3 is 0 Å². The normalized spacial score (nSPS) is 10.6. The van der Waals surface area contributed by atoms with Gasteiger partial charge in [-0.05, 0) is 30.3 Å². The Hall–Kier alpha value is -1.78. The van der Waals surface area contributed by atoms with Crippen molar-refractivity contribution < 1.29 is 9.53 Å². The van der Waals surface area contributed by atoms with Crippen LogP contribution in [-0.4, -0.2) is 14.9 Å². The molecule has 1 amide bonds. The van der Waals surface area contributed by atoms with Crippen molar-refractivity contribution in [1.29, 1.82) is 0 Å². The molecule has 1 aromatic carbocycles. The molecule has 2 aromatic heterocycles. The second kappa shape index (κ2) is 6.55. The lowest BCUT2D eigenvalue weighted by atomic mass is 10.2. The van der Waals surface area contributed by atoms with Crippen molar-refractivity contribution in [2.45, 2.75) is 0 Å². The van der Waals surface area contributed by atoms with Crippen molar-refractivity contribution >= 4 is 47.1 Å². The maximum Gasteiger partial charge on any atom is 0.266 e. The smallest absolute Gasteiger partial charge is 0.266 e. The quantitative estimate of drug-likeness (QED) is 0.290. The average Bonchev–Trinajstić information content (AvgIpc) is 2.96. The molecular formula is C14H11IN4O2S. The summed E-state index contributed by atoms with van der Waals surface area (Å²) in [5.74, 6) is 5.85. The monoisotopic (exact) mass is 426 g/mol. The third-order valence-corrected chi connectivity index (χ3v) is 4.78. The molecule has 0 aliphatic heterocycles. The highest BCUT2D eigenvalue weighted by Gasteiger charge is 2.07. The van der Waals surface area contributed by atoms with Crippen LogP contribution < -0.4 is 16.0 Å². The molecule has 0 bridgehead atoms. The molecular weight excluding hydrogens is 415 g/mol. The summed E-state index contributed by atoms with van der Waals surface area (Å²) in [5.41, 5.74) is 3.52. The second-order valence-electron chi connectivity index (χ2n) is 4.42. The first-order valence-electron chi connectivity index (χ1n) is 6.25. The van der Waals surface area contributed by atoms with Gasteiger partial charge < -0.3 is 4.74 Å². The first-order chi connectivity index (χ1) is 10.7. The van der Waals surface area contributed by atoms with Gasteiger partial charge in [-0.15, -0.1) is 0 Å². The molecule has 0 aliphatic rings. The predicted octanol–water partition coefficient (Wildman–Crippen LogP) is 3.28. The molecule has 0 fully saturated rings. The van der Waals surface area contributed by atoms with Crippen molar-refractivity contribution in [3.63, 3.8) is 0 Å². The summed E-state index contributed by atoms with van der Waals surface area (Å²) in [4.78, 5) is 15.5. The Balaban J connectivity index is 1.88. The van der Waals surface area contributed by atoms with Crippen LogP contribution in [0.1, 0.15) is 10.4 Å². The third-order valence-electron chi connectivity index (χ3n) is 3.04. The number of hydrazine groups is 1. The molecule has 2 heterocycles. The van der Waals surface area contributed by atoms with E-state index in [1.54, 1.807) is 21.4 Å². The van der Waals surface area contributed by atoms with Crippen molar-refractivity contribution in [3.05, 3.63) is 54.5 Å². The Bertz CT molecular complexity index is 837. The summed E-state index contributed by atoms with van der Waals surface area (Å²) in [6.45, 7) is 0. The van der Waals surface area contributed by atoms with Crippen molar-refractivity contribution in [2.24, 2.45) is 5.84 Å². The SMILES string of the molecule is NNC(=O)c1cncc(Oc2ccc3c(ccn3SI)c2)c1. The molecule has 6 nitrogen and oxygen atoms in total. The van der Waals surface area contributed by atoms with Crippen LogP contribution in [0.2, 0.25) is 0 Å². The molecule has 8 heteroatoms. The zero-order valence-electron chi connectivity index (χ0n) is 11.2. The molecule has 0 unspecified atom stereocenters. The lowest BCUT2D eigenvalue weighted by molar-refractivity contribution is 0.0953. The fraction of sp³-hybridized carbons (Fsp3) is 0. The topological polar surface area (TPSA) is 82.2 Å². The molecule has 22 heavy (non-hydrogen) atoms. The molecule has 0 saturated carbocycles. The number of carbonyl (C=O) groups excluding carboxylic acids is 1. The molecule has 112 valence electrons. The minimum absolute atomic E-state index is 0.341. The zero-order valence-corrected chi connectivity index (χ0v) is 14.2. The van der Waals surface area contributed by atoms with Gasteiger partial charge in [0.15, 0.2) is 0 Å². The number of carbonyl (C=O) groups is 1. The highest BCUT2D eigenvalue weighted by atomic mass is 127. The number of nitrogen functional groups attached to an aromatic ring is 1. The lowest BCUT2D eigenvalue weighted by Crippen LogP contribution is -2.30. The Morgan fingerprint density at radius 1 is 1.27 bits per heavy atom. The van der Waals surface area contributed by atoms with Crippen molar-refractivity contribution in [2.75, 3.05) is 0 Å². The number of pyridine rings is 1. The van der Waals surface area contributed by atoms with Crippen LogP contribution in [0.5, 0.6) is 11.5 Å². The number of amides is 1. The number of nitrogens with zero attached hydrogens (tertiary/aromatic N) is 2. The Morgan fingerprint density at radius 3 is 2.91 bits per heavy atom. The van der Waals surface area contributed by atoms with E-state index in [4.69, 9.17) is 10.6 Å². The first kappa shape index (κ1) is 15.1. The molecule has 0 spiro atoms. The number of aromatic nitrogens is 2. The summed E-state index contributed by atoms with van der Waals surface area (Å²) >= 11 is 2.23. The van der Waals surface area contributed by atoms with Crippen LogP contribution >= 0.6 is 30.3 Å².